The summed E-state index contributed by atoms with van der Waals surface area (Å²) in [6, 6.07) is 8.73. The standard InChI is InChI=1S/C13H20N2O3.C10H13N3O/c1-18-12-7-4-6-11(13(17)15-9-14)10(12)5-2-3-8-16;1-7(2)13(3)9-5-4-8(6-12-9)10(11)14/h4,6-7,16H,2-3,5,8-9,14H2,1H3,(H,15,17);4-6H,1H2,2-3H3,(H2,11,14). The Morgan fingerprint density at radius 1 is 1.25 bits per heavy atom. The number of methoxy groups -OCH3 is 1. The first-order chi connectivity index (χ1) is 15.3. The molecule has 2 amide bonds. The first-order valence-electron chi connectivity index (χ1n) is 10.2. The van der Waals surface area contributed by atoms with Crippen molar-refractivity contribution in [1.29, 1.82) is 0 Å². The molecule has 174 valence electrons. The zero-order valence-electron chi connectivity index (χ0n) is 18.9. The van der Waals surface area contributed by atoms with Crippen molar-refractivity contribution in [1.82, 2.24) is 10.3 Å². The monoisotopic (exact) mass is 443 g/mol. The highest BCUT2D eigenvalue weighted by atomic mass is 16.5. The fraction of sp³-hybridized carbons (Fsp3) is 0.348. The third-order valence-corrected chi connectivity index (χ3v) is 4.64. The highest BCUT2D eigenvalue weighted by Gasteiger charge is 2.14. The van der Waals surface area contributed by atoms with Gasteiger partial charge < -0.3 is 31.5 Å². The maximum absolute atomic E-state index is 11.9. The molecule has 2 aromatic rings. The van der Waals surface area contributed by atoms with Gasteiger partial charge in [-0.05, 0) is 50.5 Å². The molecule has 0 aliphatic rings. The van der Waals surface area contributed by atoms with Gasteiger partial charge in [-0.25, -0.2) is 4.98 Å². The van der Waals surface area contributed by atoms with E-state index in [1.54, 1.807) is 31.4 Å². The van der Waals surface area contributed by atoms with Gasteiger partial charge in [0, 0.05) is 36.7 Å². The van der Waals surface area contributed by atoms with Crippen molar-refractivity contribution in [2.75, 3.05) is 32.3 Å². The SMILES string of the molecule is C=C(C)N(C)c1ccc(C(N)=O)cn1.COc1cccc(C(=O)NCN)c1CCCCO. The van der Waals surface area contributed by atoms with E-state index in [-0.39, 0.29) is 19.2 Å². The minimum absolute atomic E-state index is 0.103. The minimum atomic E-state index is -0.470. The summed E-state index contributed by atoms with van der Waals surface area (Å²) in [5.41, 5.74) is 13.1. The van der Waals surface area contributed by atoms with E-state index in [1.165, 1.54) is 6.20 Å². The molecule has 1 heterocycles. The molecule has 0 saturated heterocycles. The van der Waals surface area contributed by atoms with E-state index in [1.807, 2.05) is 24.9 Å². The Morgan fingerprint density at radius 2 is 1.97 bits per heavy atom. The Kier molecular flexibility index (Phi) is 11.5. The van der Waals surface area contributed by atoms with Crippen LogP contribution in [0.4, 0.5) is 5.82 Å². The van der Waals surface area contributed by atoms with Gasteiger partial charge in [-0.1, -0.05) is 12.6 Å². The predicted molar refractivity (Wildman–Crippen MR) is 126 cm³/mol. The summed E-state index contributed by atoms with van der Waals surface area (Å²) < 4.78 is 5.27. The molecule has 2 rings (SSSR count). The number of primary amides is 1. The van der Waals surface area contributed by atoms with E-state index < -0.39 is 5.91 Å². The summed E-state index contributed by atoms with van der Waals surface area (Å²) in [5, 5.41) is 11.4. The Hall–Kier alpha value is -3.43. The lowest BCUT2D eigenvalue weighted by molar-refractivity contribution is 0.0952. The first kappa shape index (κ1) is 26.6. The number of carbonyl (C=O) groups is 2. The van der Waals surface area contributed by atoms with Crippen molar-refractivity contribution in [2.24, 2.45) is 11.5 Å². The molecule has 0 aliphatic heterocycles. The molecule has 0 aliphatic carbocycles. The summed E-state index contributed by atoms with van der Waals surface area (Å²) in [5.74, 6) is 0.762. The van der Waals surface area contributed by atoms with E-state index in [0.29, 0.717) is 29.7 Å². The number of nitrogens with two attached hydrogens (primary N) is 2. The van der Waals surface area contributed by atoms with E-state index in [0.717, 1.165) is 23.5 Å². The highest BCUT2D eigenvalue weighted by Crippen LogP contribution is 2.24. The van der Waals surface area contributed by atoms with Gasteiger partial charge in [0.2, 0.25) is 5.91 Å². The Labute approximate surface area is 189 Å². The number of hydrogen-bond donors (Lipinski definition) is 4. The smallest absolute Gasteiger partial charge is 0.252 e. The van der Waals surface area contributed by atoms with Gasteiger partial charge in [0.1, 0.15) is 11.6 Å². The minimum Gasteiger partial charge on any atom is -0.496 e. The molecule has 6 N–H and O–H groups in total. The number of aliphatic hydroxyl groups excluding tert-OH is 1. The van der Waals surface area contributed by atoms with Crippen LogP contribution in [0.3, 0.4) is 0 Å². The lowest BCUT2D eigenvalue weighted by Crippen LogP contribution is -2.30. The van der Waals surface area contributed by atoms with Crippen molar-refractivity contribution in [3.05, 3.63) is 65.5 Å². The topological polar surface area (TPSA) is 144 Å². The number of nitrogens with zero attached hydrogens (tertiary/aromatic N) is 2. The van der Waals surface area contributed by atoms with Gasteiger partial charge in [0.15, 0.2) is 0 Å². The second kappa shape index (κ2) is 13.8. The van der Waals surface area contributed by atoms with Crippen LogP contribution in [0.1, 0.15) is 46.0 Å². The normalized spacial score (nSPS) is 9.91. The summed E-state index contributed by atoms with van der Waals surface area (Å²) >= 11 is 0. The maximum Gasteiger partial charge on any atom is 0.252 e. The van der Waals surface area contributed by atoms with Crippen LogP contribution in [0, 0.1) is 0 Å². The summed E-state index contributed by atoms with van der Waals surface area (Å²) in [6.45, 7) is 5.92. The van der Waals surface area contributed by atoms with E-state index in [9.17, 15) is 9.59 Å². The van der Waals surface area contributed by atoms with E-state index in [2.05, 4.69) is 16.9 Å². The summed E-state index contributed by atoms with van der Waals surface area (Å²) in [7, 11) is 3.43. The fourth-order valence-electron chi connectivity index (χ4n) is 2.75. The van der Waals surface area contributed by atoms with Crippen molar-refractivity contribution < 1.29 is 19.4 Å². The molecular weight excluding hydrogens is 410 g/mol. The van der Waals surface area contributed by atoms with Crippen LogP contribution in [0.5, 0.6) is 5.75 Å². The lowest BCUT2D eigenvalue weighted by Gasteiger charge is -2.17. The molecule has 1 aromatic heterocycles. The number of hydrogen-bond acceptors (Lipinski definition) is 7. The number of pyridine rings is 1. The molecule has 32 heavy (non-hydrogen) atoms. The Balaban J connectivity index is 0.000000330. The van der Waals surface area contributed by atoms with Gasteiger partial charge >= 0.3 is 0 Å². The van der Waals surface area contributed by atoms with Crippen molar-refractivity contribution in [3.63, 3.8) is 0 Å². The van der Waals surface area contributed by atoms with Crippen LogP contribution >= 0.6 is 0 Å². The predicted octanol–water partition coefficient (Wildman–Crippen LogP) is 1.81. The number of rotatable bonds is 10. The van der Waals surface area contributed by atoms with Crippen LogP contribution in [0.15, 0.2) is 48.8 Å². The molecule has 0 bridgehead atoms. The van der Waals surface area contributed by atoms with E-state index in [4.69, 9.17) is 21.3 Å². The molecule has 0 saturated carbocycles. The van der Waals surface area contributed by atoms with E-state index >= 15 is 0 Å². The average molecular weight is 444 g/mol. The molecule has 0 unspecified atom stereocenters. The average Bonchev–Trinajstić information content (AvgIpc) is 2.79. The second-order valence-corrected chi connectivity index (χ2v) is 6.94. The highest BCUT2D eigenvalue weighted by molar-refractivity contribution is 5.96. The van der Waals surface area contributed by atoms with Gasteiger partial charge in [-0.3, -0.25) is 9.59 Å². The molecular formula is C23H33N5O4. The largest absolute Gasteiger partial charge is 0.496 e. The third-order valence-electron chi connectivity index (χ3n) is 4.64. The number of benzene rings is 1. The molecule has 0 atom stereocenters. The zero-order chi connectivity index (χ0) is 24.1. The second-order valence-electron chi connectivity index (χ2n) is 6.94. The molecule has 0 spiro atoms. The van der Waals surface area contributed by atoms with Gasteiger partial charge in [0.25, 0.3) is 5.91 Å². The molecule has 0 radical (unpaired) electrons. The fourth-order valence-corrected chi connectivity index (χ4v) is 2.75. The number of aromatic nitrogens is 1. The number of allylic oxidation sites excluding steroid dienone is 1. The lowest BCUT2D eigenvalue weighted by atomic mass is 10.00. The quantitative estimate of drug-likeness (QED) is 0.324. The first-order valence-corrected chi connectivity index (χ1v) is 10.2. The van der Waals surface area contributed by atoms with Crippen LogP contribution in [0.25, 0.3) is 0 Å². The summed E-state index contributed by atoms with van der Waals surface area (Å²) in [4.78, 5) is 28.5. The van der Waals surface area contributed by atoms with Crippen molar-refractivity contribution in [3.8, 4) is 5.75 Å². The number of unbranched alkanes of at least 4 members (excludes halogenated alkanes) is 1. The van der Waals surface area contributed by atoms with Crippen LogP contribution < -0.4 is 26.4 Å². The number of carbonyl (C=O) groups excluding carboxylic acids is 2. The number of ether oxygens (including phenoxy) is 1. The maximum atomic E-state index is 11.9. The third kappa shape index (κ3) is 8.01. The van der Waals surface area contributed by atoms with Crippen molar-refractivity contribution >= 4 is 17.6 Å². The molecule has 9 nitrogen and oxygen atoms in total. The van der Waals surface area contributed by atoms with Gasteiger partial charge in [-0.15, -0.1) is 0 Å². The molecule has 0 fully saturated rings. The van der Waals surface area contributed by atoms with Crippen molar-refractivity contribution in [2.45, 2.75) is 26.2 Å². The number of nitrogens with one attached hydrogen (secondary N) is 1. The molecule has 9 heteroatoms. The number of aliphatic hydroxyl groups is 1. The Bertz CT molecular complexity index is 900. The number of amides is 2. The van der Waals surface area contributed by atoms with Gasteiger partial charge in [-0.2, -0.15) is 0 Å². The number of anilines is 1. The summed E-state index contributed by atoms with van der Waals surface area (Å²) in [6.07, 6.45) is 3.66. The van der Waals surface area contributed by atoms with Crippen LogP contribution in [-0.4, -0.2) is 49.3 Å². The van der Waals surface area contributed by atoms with Gasteiger partial charge in [0.05, 0.1) is 19.3 Å². The van der Waals surface area contributed by atoms with Crippen LogP contribution in [-0.2, 0) is 6.42 Å². The van der Waals surface area contributed by atoms with Crippen LogP contribution in [0.2, 0.25) is 0 Å². The Morgan fingerprint density at radius 3 is 2.47 bits per heavy atom. The zero-order valence-corrected chi connectivity index (χ0v) is 18.9. The molecule has 1 aromatic carbocycles.